The molecule has 0 aliphatic heterocycles. The minimum absolute atomic E-state index is 0.231. The number of hydrogen-bond donors (Lipinski definition) is 1. The van der Waals surface area contributed by atoms with Crippen LogP contribution in [0.15, 0.2) is 64.1 Å². The van der Waals surface area contributed by atoms with Gasteiger partial charge in [-0.3, -0.25) is 4.79 Å². The second-order valence-electron chi connectivity index (χ2n) is 5.94. The van der Waals surface area contributed by atoms with Gasteiger partial charge in [-0.15, -0.1) is 0 Å². The van der Waals surface area contributed by atoms with Crippen LogP contribution < -0.4 is 10.2 Å². The lowest BCUT2D eigenvalue weighted by atomic mass is 10.1. The largest absolute Gasteiger partial charge is 0.482 e. The molecule has 30 heavy (non-hydrogen) atoms. The molecule has 3 rings (SSSR count). The Bertz CT molecular complexity index is 1080. The maximum Gasteiger partial charge on any atom is 0.416 e. The highest BCUT2D eigenvalue weighted by molar-refractivity contribution is 6.35. The van der Waals surface area contributed by atoms with Gasteiger partial charge in [-0.2, -0.15) is 18.3 Å². The van der Waals surface area contributed by atoms with E-state index < -0.39 is 17.6 Å². The molecule has 0 aliphatic rings. The summed E-state index contributed by atoms with van der Waals surface area (Å²) < 4.78 is 49.2. The number of hydrazone groups is 1. The van der Waals surface area contributed by atoms with Crippen molar-refractivity contribution < 1.29 is 27.1 Å². The van der Waals surface area contributed by atoms with Gasteiger partial charge in [-0.25, -0.2) is 5.43 Å². The average molecular weight is 457 g/mol. The van der Waals surface area contributed by atoms with Crippen molar-refractivity contribution in [1.29, 1.82) is 0 Å². The van der Waals surface area contributed by atoms with E-state index in [0.29, 0.717) is 5.02 Å². The van der Waals surface area contributed by atoms with Gasteiger partial charge >= 0.3 is 6.18 Å². The SMILES string of the molecule is O=C(COc1ccc(Cl)cc1Cl)N/N=C\c1ccc(-c2cccc(C(F)(F)F)c2)o1. The molecular weight excluding hydrogens is 444 g/mol. The third kappa shape index (κ3) is 5.77. The number of halogens is 5. The molecule has 1 heterocycles. The molecule has 156 valence electrons. The van der Waals surface area contributed by atoms with Crippen molar-refractivity contribution in [3.8, 4) is 17.1 Å². The maximum atomic E-state index is 12.8. The van der Waals surface area contributed by atoms with E-state index in [1.165, 1.54) is 42.6 Å². The van der Waals surface area contributed by atoms with Crippen LogP contribution in [0, 0.1) is 0 Å². The van der Waals surface area contributed by atoms with Gasteiger partial charge in [-0.05, 0) is 42.5 Å². The second-order valence-corrected chi connectivity index (χ2v) is 6.78. The zero-order valence-corrected chi connectivity index (χ0v) is 16.6. The minimum Gasteiger partial charge on any atom is -0.482 e. The van der Waals surface area contributed by atoms with E-state index in [9.17, 15) is 18.0 Å². The van der Waals surface area contributed by atoms with Gasteiger partial charge in [0, 0.05) is 10.6 Å². The van der Waals surface area contributed by atoms with Crippen LogP contribution in [0.4, 0.5) is 13.2 Å². The molecule has 3 aromatic rings. The van der Waals surface area contributed by atoms with Crippen molar-refractivity contribution in [2.75, 3.05) is 6.61 Å². The number of nitrogens with zero attached hydrogens (tertiary/aromatic N) is 1. The fraction of sp³-hybridized carbons (Fsp3) is 0.100. The Labute approximate surface area is 179 Å². The number of ether oxygens (including phenoxy) is 1. The molecular formula is C20H13Cl2F3N2O3. The van der Waals surface area contributed by atoms with Crippen LogP contribution in [0.2, 0.25) is 10.0 Å². The number of furan rings is 1. The standard InChI is InChI=1S/C20H13Cl2F3N2O3/c21-14-4-6-18(16(22)9-14)29-11-19(28)27-26-10-15-5-7-17(30-15)12-2-1-3-13(8-12)20(23,24)25/h1-10H,11H2,(H,27,28)/b26-10-. The van der Waals surface area contributed by atoms with Crippen molar-refractivity contribution in [2.45, 2.75) is 6.18 Å². The number of alkyl halides is 3. The number of hydrogen-bond acceptors (Lipinski definition) is 4. The van der Waals surface area contributed by atoms with Crippen molar-refractivity contribution >= 4 is 35.3 Å². The van der Waals surface area contributed by atoms with Gasteiger partial charge in [0.05, 0.1) is 16.8 Å². The van der Waals surface area contributed by atoms with Crippen molar-refractivity contribution in [1.82, 2.24) is 5.43 Å². The Balaban J connectivity index is 1.56. The third-order valence-electron chi connectivity index (χ3n) is 3.73. The van der Waals surface area contributed by atoms with E-state index in [4.69, 9.17) is 32.4 Å². The highest BCUT2D eigenvalue weighted by Crippen LogP contribution is 2.32. The number of nitrogens with one attached hydrogen (secondary N) is 1. The zero-order chi connectivity index (χ0) is 21.7. The first-order chi connectivity index (χ1) is 14.2. The highest BCUT2D eigenvalue weighted by atomic mass is 35.5. The van der Waals surface area contributed by atoms with Gasteiger partial charge in [0.25, 0.3) is 5.91 Å². The van der Waals surface area contributed by atoms with Gasteiger partial charge < -0.3 is 9.15 Å². The van der Waals surface area contributed by atoms with Crippen LogP contribution in [0.25, 0.3) is 11.3 Å². The first kappa shape index (κ1) is 21.7. The predicted molar refractivity (Wildman–Crippen MR) is 107 cm³/mol. The number of rotatable bonds is 6. The molecule has 0 atom stereocenters. The Hall–Kier alpha value is -2.97. The summed E-state index contributed by atoms with van der Waals surface area (Å²) in [5.41, 5.74) is 1.73. The lowest BCUT2D eigenvalue weighted by molar-refractivity contribution is -0.137. The van der Waals surface area contributed by atoms with E-state index in [0.717, 1.165) is 12.1 Å². The summed E-state index contributed by atoms with van der Waals surface area (Å²) in [6.45, 7) is -0.341. The molecule has 5 nitrogen and oxygen atoms in total. The van der Waals surface area contributed by atoms with Crippen molar-refractivity contribution in [3.63, 3.8) is 0 Å². The molecule has 0 aliphatic carbocycles. The normalized spacial score (nSPS) is 11.6. The molecule has 0 radical (unpaired) electrons. The van der Waals surface area contributed by atoms with E-state index in [2.05, 4.69) is 10.5 Å². The molecule has 1 aromatic heterocycles. The summed E-state index contributed by atoms with van der Waals surface area (Å²) in [6.07, 6.45) is -3.24. The Morgan fingerprint density at radius 2 is 1.93 bits per heavy atom. The van der Waals surface area contributed by atoms with Crippen LogP contribution in [-0.4, -0.2) is 18.7 Å². The summed E-state index contributed by atoms with van der Waals surface area (Å²) in [5, 5.41) is 4.42. The average Bonchev–Trinajstić information content (AvgIpc) is 3.16. The van der Waals surface area contributed by atoms with Crippen molar-refractivity contribution in [3.05, 3.63) is 76.0 Å². The van der Waals surface area contributed by atoms with Crippen LogP contribution in [-0.2, 0) is 11.0 Å². The smallest absolute Gasteiger partial charge is 0.416 e. The fourth-order valence-corrected chi connectivity index (χ4v) is 2.82. The Morgan fingerprint density at radius 3 is 2.67 bits per heavy atom. The topological polar surface area (TPSA) is 63.8 Å². The molecule has 0 saturated heterocycles. The van der Waals surface area contributed by atoms with E-state index in [1.54, 1.807) is 6.07 Å². The molecule has 0 unspecified atom stereocenters. The second kappa shape index (κ2) is 9.23. The Morgan fingerprint density at radius 1 is 1.13 bits per heavy atom. The summed E-state index contributed by atoms with van der Waals surface area (Å²) >= 11 is 11.7. The first-order valence-electron chi connectivity index (χ1n) is 8.39. The Kier molecular flexibility index (Phi) is 6.69. The number of carbonyl (C=O) groups excluding carboxylic acids is 1. The molecule has 1 amide bonds. The van der Waals surface area contributed by atoms with E-state index >= 15 is 0 Å². The van der Waals surface area contributed by atoms with Gasteiger partial charge in [-0.1, -0.05) is 35.3 Å². The van der Waals surface area contributed by atoms with Crippen LogP contribution >= 0.6 is 23.2 Å². The fourth-order valence-electron chi connectivity index (χ4n) is 2.36. The molecule has 10 heteroatoms. The molecule has 0 saturated carbocycles. The zero-order valence-electron chi connectivity index (χ0n) is 15.0. The summed E-state index contributed by atoms with van der Waals surface area (Å²) in [6, 6.07) is 12.3. The summed E-state index contributed by atoms with van der Waals surface area (Å²) in [5.74, 6) is 0.206. The van der Waals surface area contributed by atoms with Crippen molar-refractivity contribution in [2.24, 2.45) is 5.10 Å². The van der Waals surface area contributed by atoms with E-state index in [1.807, 2.05) is 0 Å². The monoisotopic (exact) mass is 456 g/mol. The lowest BCUT2D eigenvalue weighted by Crippen LogP contribution is -2.24. The van der Waals surface area contributed by atoms with Crippen LogP contribution in [0.5, 0.6) is 5.75 Å². The minimum atomic E-state index is -4.45. The quantitative estimate of drug-likeness (QED) is 0.376. The van der Waals surface area contributed by atoms with Gasteiger partial charge in [0.1, 0.15) is 17.3 Å². The molecule has 0 fully saturated rings. The summed E-state index contributed by atoms with van der Waals surface area (Å²) in [4.78, 5) is 11.8. The number of carbonyl (C=O) groups is 1. The molecule has 1 N–H and O–H groups in total. The third-order valence-corrected chi connectivity index (χ3v) is 4.27. The van der Waals surface area contributed by atoms with Gasteiger partial charge in [0.2, 0.25) is 0 Å². The van der Waals surface area contributed by atoms with E-state index in [-0.39, 0.29) is 34.5 Å². The first-order valence-corrected chi connectivity index (χ1v) is 9.15. The predicted octanol–water partition coefficient (Wildman–Crippen LogP) is 5.80. The number of benzene rings is 2. The highest BCUT2D eigenvalue weighted by Gasteiger charge is 2.30. The van der Waals surface area contributed by atoms with Crippen LogP contribution in [0.1, 0.15) is 11.3 Å². The summed E-state index contributed by atoms with van der Waals surface area (Å²) in [7, 11) is 0. The van der Waals surface area contributed by atoms with Crippen LogP contribution in [0.3, 0.4) is 0 Å². The number of amides is 1. The molecule has 0 spiro atoms. The maximum absolute atomic E-state index is 12.8. The lowest BCUT2D eigenvalue weighted by Gasteiger charge is -2.07. The molecule has 2 aromatic carbocycles. The molecule has 0 bridgehead atoms. The van der Waals surface area contributed by atoms with Gasteiger partial charge in [0.15, 0.2) is 6.61 Å².